The van der Waals surface area contributed by atoms with E-state index >= 15 is 0 Å². The Balaban J connectivity index is 1.68. The number of anilines is 1. The van der Waals surface area contributed by atoms with Gasteiger partial charge in [0.1, 0.15) is 11.3 Å². The van der Waals surface area contributed by atoms with Crippen molar-refractivity contribution in [3.63, 3.8) is 0 Å². The SMILES string of the molecule is C[C@H](Sc1nc2ccccc2o1)C(=O)Nc1ccccc1OC(F)F. The van der Waals surface area contributed by atoms with Crippen LogP contribution in [-0.4, -0.2) is 22.8 Å². The van der Waals surface area contributed by atoms with Crippen LogP contribution in [0.2, 0.25) is 0 Å². The van der Waals surface area contributed by atoms with E-state index in [0.29, 0.717) is 16.3 Å². The zero-order chi connectivity index (χ0) is 17.8. The minimum atomic E-state index is -2.97. The molecule has 1 atom stereocenters. The lowest BCUT2D eigenvalue weighted by Crippen LogP contribution is -2.23. The Morgan fingerprint density at radius 3 is 2.68 bits per heavy atom. The van der Waals surface area contributed by atoms with Gasteiger partial charge in [-0.2, -0.15) is 8.78 Å². The third-order valence-electron chi connectivity index (χ3n) is 3.28. The highest BCUT2D eigenvalue weighted by Gasteiger charge is 2.20. The number of alkyl halides is 2. The molecule has 1 amide bonds. The van der Waals surface area contributed by atoms with Crippen molar-refractivity contribution in [1.82, 2.24) is 4.98 Å². The minimum Gasteiger partial charge on any atom is -0.433 e. The van der Waals surface area contributed by atoms with Crippen molar-refractivity contribution >= 4 is 34.5 Å². The molecule has 130 valence electrons. The summed E-state index contributed by atoms with van der Waals surface area (Å²) < 4.78 is 34.8. The molecule has 0 radical (unpaired) electrons. The monoisotopic (exact) mass is 364 g/mol. The van der Waals surface area contributed by atoms with Gasteiger partial charge < -0.3 is 14.5 Å². The van der Waals surface area contributed by atoms with Crippen LogP contribution in [0.4, 0.5) is 14.5 Å². The Labute approximate surface area is 146 Å². The van der Waals surface area contributed by atoms with Crippen LogP contribution in [0.5, 0.6) is 5.75 Å². The summed E-state index contributed by atoms with van der Waals surface area (Å²) >= 11 is 1.14. The second kappa shape index (κ2) is 7.52. The molecule has 0 unspecified atom stereocenters. The molecule has 3 rings (SSSR count). The number of carbonyl (C=O) groups excluding carboxylic acids is 1. The van der Waals surface area contributed by atoms with E-state index in [9.17, 15) is 13.6 Å². The Bertz CT molecular complexity index is 852. The molecule has 0 saturated carbocycles. The van der Waals surface area contributed by atoms with E-state index in [2.05, 4.69) is 15.0 Å². The first-order valence-corrected chi connectivity index (χ1v) is 8.28. The average molecular weight is 364 g/mol. The van der Waals surface area contributed by atoms with Gasteiger partial charge in [-0.05, 0) is 31.2 Å². The highest BCUT2D eigenvalue weighted by molar-refractivity contribution is 8.00. The topological polar surface area (TPSA) is 64.4 Å². The number of thioether (sulfide) groups is 1. The van der Waals surface area contributed by atoms with Crippen LogP contribution in [0.1, 0.15) is 6.92 Å². The summed E-state index contributed by atoms with van der Waals surface area (Å²) in [7, 11) is 0. The second-order valence-electron chi connectivity index (χ2n) is 5.07. The van der Waals surface area contributed by atoms with Crippen molar-refractivity contribution in [1.29, 1.82) is 0 Å². The highest BCUT2D eigenvalue weighted by atomic mass is 32.2. The number of para-hydroxylation sites is 4. The first kappa shape index (κ1) is 17.2. The number of hydrogen-bond acceptors (Lipinski definition) is 5. The third-order valence-corrected chi connectivity index (χ3v) is 4.23. The number of hydrogen-bond donors (Lipinski definition) is 1. The van der Waals surface area contributed by atoms with Crippen molar-refractivity contribution in [2.45, 2.75) is 24.0 Å². The van der Waals surface area contributed by atoms with Crippen LogP contribution < -0.4 is 10.1 Å². The zero-order valence-electron chi connectivity index (χ0n) is 13.1. The zero-order valence-corrected chi connectivity index (χ0v) is 13.9. The summed E-state index contributed by atoms with van der Waals surface area (Å²) in [6, 6.07) is 13.3. The maximum atomic E-state index is 12.4. The van der Waals surface area contributed by atoms with E-state index < -0.39 is 11.9 Å². The molecule has 5 nitrogen and oxygen atoms in total. The van der Waals surface area contributed by atoms with Crippen molar-refractivity contribution in [2.24, 2.45) is 0 Å². The molecule has 1 N–H and O–H groups in total. The first-order valence-electron chi connectivity index (χ1n) is 7.40. The summed E-state index contributed by atoms with van der Waals surface area (Å²) in [6.07, 6.45) is 0. The third kappa shape index (κ3) is 4.27. The van der Waals surface area contributed by atoms with Gasteiger partial charge >= 0.3 is 6.61 Å². The fourth-order valence-electron chi connectivity index (χ4n) is 2.11. The van der Waals surface area contributed by atoms with E-state index in [0.717, 1.165) is 11.8 Å². The van der Waals surface area contributed by atoms with E-state index in [-0.39, 0.29) is 17.3 Å². The van der Waals surface area contributed by atoms with Gasteiger partial charge in [-0.25, -0.2) is 4.98 Å². The van der Waals surface area contributed by atoms with Crippen LogP contribution in [0, 0.1) is 0 Å². The molecule has 0 aliphatic carbocycles. The van der Waals surface area contributed by atoms with Gasteiger partial charge in [0.15, 0.2) is 5.58 Å². The normalized spacial score (nSPS) is 12.3. The molecule has 25 heavy (non-hydrogen) atoms. The number of fused-ring (bicyclic) bond motifs is 1. The summed E-state index contributed by atoms with van der Waals surface area (Å²) in [6.45, 7) is -1.30. The van der Waals surface area contributed by atoms with Crippen LogP contribution in [0.15, 0.2) is 58.2 Å². The van der Waals surface area contributed by atoms with E-state index in [4.69, 9.17) is 4.42 Å². The molecular weight excluding hydrogens is 350 g/mol. The molecule has 0 saturated heterocycles. The molecule has 1 aromatic heterocycles. The average Bonchev–Trinajstić information content (AvgIpc) is 2.98. The molecule has 0 fully saturated rings. The van der Waals surface area contributed by atoms with Gasteiger partial charge in [0.2, 0.25) is 5.91 Å². The summed E-state index contributed by atoms with van der Waals surface area (Å²) in [5, 5.41) is 2.40. The molecular formula is C17H14F2N2O3S. The highest BCUT2D eigenvalue weighted by Crippen LogP contribution is 2.29. The first-order chi connectivity index (χ1) is 12.0. The second-order valence-corrected chi connectivity index (χ2v) is 6.36. The fourth-order valence-corrected chi connectivity index (χ4v) is 2.87. The number of nitrogens with zero attached hydrogens (tertiary/aromatic N) is 1. The molecule has 0 aliphatic heterocycles. The molecule has 0 aliphatic rings. The minimum absolute atomic E-state index is 0.0927. The molecule has 3 aromatic rings. The predicted octanol–water partition coefficient (Wildman–Crippen LogP) is 4.55. The van der Waals surface area contributed by atoms with Gasteiger partial charge in [-0.1, -0.05) is 36.0 Å². The lowest BCUT2D eigenvalue weighted by molar-refractivity contribution is -0.115. The number of aromatic nitrogens is 1. The smallest absolute Gasteiger partial charge is 0.387 e. The number of ether oxygens (including phenoxy) is 1. The summed E-state index contributed by atoms with van der Waals surface area (Å²) in [5.41, 5.74) is 1.51. The van der Waals surface area contributed by atoms with Crippen LogP contribution in [-0.2, 0) is 4.79 Å². The van der Waals surface area contributed by atoms with Crippen molar-refractivity contribution in [3.8, 4) is 5.75 Å². The Hall–Kier alpha value is -2.61. The fraction of sp³-hybridized carbons (Fsp3) is 0.176. The predicted molar refractivity (Wildman–Crippen MR) is 91.0 cm³/mol. The van der Waals surface area contributed by atoms with E-state index in [1.807, 2.05) is 18.2 Å². The number of benzene rings is 2. The van der Waals surface area contributed by atoms with Crippen molar-refractivity contribution in [3.05, 3.63) is 48.5 Å². The maximum Gasteiger partial charge on any atom is 0.387 e. The van der Waals surface area contributed by atoms with Gasteiger partial charge in [0.25, 0.3) is 5.22 Å². The van der Waals surface area contributed by atoms with Gasteiger partial charge in [-0.3, -0.25) is 4.79 Å². The van der Waals surface area contributed by atoms with E-state index in [1.165, 1.54) is 12.1 Å². The maximum absolute atomic E-state index is 12.4. The molecule has 2 aromatic carbocycles. The molecule has 0 bridgehead atoms. The van der Waals surface area contributed by atoms with Crippen molar-refractivity contribution < 1.29 is 22.7 Å². The lowest BCUT2D eigenvalue weighted by Gasteiger charge is -2.13. The molecule has 8 heteroatoms. The van der Waals surface area contributed by atoms with Gasteiger partial charge in [0, 0.05) is 0 Å². The number of oxazole rings is 1. The van der Waals surface area contributed by atoms with Gasteiger partial charge in [-0.15, -0.1) is 0 Å². The van der Waals surface area contributed by atoms with Crippen LogP contribution >= 0.6 is 11.8 Å². The number of rotatable bonds is 6. The molecule has 0 spiro atoms. The number of nitrogens with one attached hydrogen (secondary N) is 1. The van der Waals surface area contributed by atoms with Crippen molar-refractivity contribution in [2.75, 3.05) is 5.32 Å². The Morgan fingerprint density at radius 2 is 1.92 bits per heavy atom. The van der Waals surface area contributed by atoms with Crippen LogP contribution in [0.25, 0.3) is 11.1 Å². The summed E-state index contributed by atoms with van der Waals surface area (Å²) in [4.78, 5) is 16.6. The number of carbonyl (C=O) groups is 1. The number of amides is 1. The summed E-state index contributed by atoms with van der Waals surface area (Å²) in [5.74, 6) is -0.470. The molecule has 1 heterocycles. The Kier molecular flexibility index (Phi) is 5.18. The quantitative estimate of drug-likeness (QED) is 0.650. The van der Waals surface area contributed by atoms with Gasteiger partial charge in [0.05, 0.1) is 10.9 Å². The van der Waals surface area contributed by atoms with E-state index in [1.54, 1.807) is 25.1 Å². The largest absolute Gasteiger partial charge is 0.433 e. The van der Waals surface area contributed by atoms with Crippen LogP contribution in [0.3, 0.4) is 0 Å². The lowest BCUT2D eigenvalue weighted by atomic mass is 10.3. The number of halogens is 2. The standard InChI is InChI=1S/C17H14F2N2O3S/c1-10(25-17-21-12-7-3-5-9-14(12)24-17)15(22)20-11-6-2-4-8-13(11)23-16(18)19/h2-10,16H,1H3,(H,20,22)/t10-/m0/s1. The Morgan fingerprint density at radius 1 is 1.20 bits per heavy atom.